The van der Waals surface area contributed by atoms with Gasteiger partial charge in [-0.15, -0.1) is 0 Å². The van der Waals surface area contributed by atoms with Gasteiger partial charge in [0.1, 0.15) is 6.61 Å². The number of hydrogen-bond donors (Lipinski definition) is 1. The zero-order valence-electron chi connectivity index (χ0n) is 13.3. The van der Waals surface area contributed by atoms with E-state index < -0.39 is 0 Å². The Labute approximate surface area is 135 Å². The van der Waals surface area contributed by atoms with Gasteiger partial charge in [-0.05, 0) is 37.9 Å². The number of nitrogens with zero attached hydrogens (tertiary/aromatic N) is 4. The van der Waals surface area contributed by atoms with Crippen molar-refractivity contribution in [1.82, 2.24) is 25.0 Å². The fourth-order valence-electron chi connectivity index (χ4n) is 1.89. The van der Waals surface area contributed by atoms with Crippen LogP contribution in [-0.4, -0.2) is 52.9 Å². The second-order valence-corrected chi connectivity index (χ2v) is 5.16. The van der Waals surface area contributed by atoms with Gasteiger partial charge in [-0.3, -0.25) is 0 Å². The summed E-state index contributed by atoms with van der Waals surface area (Å²) in [6, 6.07) is 5.32. The number of hydrogen-bond acceptors (Lipinski definition) is 5. The Bertz CT molecular complexity index is 638. The molecule has 0 saturated carbocycles. The van der Waals surface area contributed by atoms with E-state index in [2.05, 4.69) is 20.3 Å². The first kappa shape index (κ1) is 16.7. The molecule has 0 fully saturated rings. The number of ether oxygens (including phenoxy) is 1. The number of carbonyl (C=O) groups is 1. The highest BCUT2D eigenvalue weighted by Crippen LogP contribution is 2.10. The van der Waals surface area contributed by atoms with Crippen LogP contribution in [0.4, 0.5) is 4.79 Å². The number of rotatable bonds is 7. The predicted molar refractivity (Wildman–Crippen MR) is 87.3 cm³/mol. The van der Waals surface area contributed by atoms with Crippen molar-refractivity contribution in [2.75, 3.05) is 27.2 Å². The van der Waals surface area contributed by atoms with E-state index in [0.29, 0.717) is 19.0 Å². The molecule has 2 aromatic heterocycles. The quantitative estimate of drug-likeness (QED) is 0.785. The summed E-state index contributed by atoms with van der Waals surface area (Å²) >= 11 is 0. The summed E-state index contributed by atoms with van der Waals surface area (Å²) in [6.07, 6.45) is 8.55. The van der Waals surface area contributed by atoms with E-state index in [1.54, 1.807) is 24.7 Å². The second-order valence-electron chi connectivity index (χ2n) is 5.16. The molecule has 0 aliphatic rings. The Morgan fingerprint density at radius 1 is 1.39 bits per heavy atom. The fourth-order valence-corrected chi connectivity index (χ4v) is 1.89. The Kier molecular flexibility index (Phi) is 6.31. The topological polar surface area (TPSA) is 72.3 Å². The number of aromatic nitrogens is 3. The van der Waals surface area contributed by atoms with Gasteiger partial charge in [0, 0.05) is 37.7 Å². The van der Waals surface area contributed by atoms with Crippen molar-refractivity contribution in [3.63, 3.8) is 0 Å². The molecule has 122 valence electrons. The van der Waals surface area contributed by atoms with E-state index in [0.717, 1.165) is 12.1 Å². The van der Waals surface area contributed by atoms with Crippen LogP contribution in [0, 0.1) is 0 Å². The van der Waals surface area contributed by atoms with Crippen LogP contribution in [-0.2, 0) is 6.54 Å². The van der Waals surface area contributed by atoms with Crippen molar-refractivity contribution in [2.45, 2.75) is 6.54 Å². The molecule has 7 nitrogen and oxygen atoms in total. The number of nitrogens with one attached hydrogen (secondary N) is 1. The number of pyridine rings is 1. The minimum absolute atomic E-state index is 0.265. The van der Waals surface area contributed by atoms with Gasteiger partial charge in [0.15, 0.2) is 0 Å². The Morgan fingerprint density at radius 3 is 3.00 bits per heavy atom. The molecule has 2 aromatic rings. The lowest BCUT2D eigenvalue weighted by Crippen LogP contribution is -2.28. The molecule has 0 radical (unpaired) electrons. The highest BCUT2D eigenvalue weighted by molar-refractivity contribution is 5.75. The second kappa shape index (κ2) is 8.70. The monoisotopic (exact) mass is 315 g/mol. The summed E-state index contributed by atoms with van der Waals surface area (Å²) in [5.41, 5.74) is 1.15. The summed E-state index contributed by atoms with van der Waals surface area (Å²) in [5, 5.41) is 6.56. The van der Waals surface area contributed by atoms with Gasteiger partial charge >= 0.3 is 6.03 Å². The molecule has 1 N–H and O–H groups in total. The van der Waals surface area contributed by atoms with E-state index in [1.165, 1.54) is 4.68 Å². The Morgan fingerprint density at radius 2 is 2.26 bits per heavy atom. The minimum atomic E-state index is -0.265. The van der Waals surface area contributed by atoms with Crippen molar-refractivity contribution in [1.29, 1.82) is 0 Å². The summed E-state index contributed by atoms with van der Waals surface area (Å²) in [6.45, 7) is 1.65. The predicted octanol–water partition coefficient (Wildman–Crippen LogP) is 1.53. The molecule has 2 rings (SSSR count). The third-order valence-electron chi connectivity index (χ3n) is 2.88. The van der Waals surface area contributed by atoms with Gasteiger partial charge in [0.05, 0.1) is 0 Å². The van der Waals surface area contributed by atoms with Crippen LogP contribution in [0.25, 0.3) is 0 Å². The first-order valence-corrected chi connectivity index (χ1v) is 7.30. The molecule has 0 aliphatic carbocycles. The van der Waals surface area contributed by atoms with Crippen LogP contribution >= 0.6 is 0 Å². The SMILES string of the molecule is CN(C)Cc1ccnc(OCC=CCNC(=O)n2cccn2)c1. The van der Waals surface area contributed by atoms with Gasteiger partial charge in [-0.2, -0.15) is 9.78 Å². The highest BCUT2D eigenvalue weighted by atomic mass is 16.5. The van der Waals surface area contributed by atoms with E-state index in [4.69, 9.17) is 4.74 Å². The maximum Gasteiger partial charge on any atom is 0.342 e. The number of carbonyl (C=O) groups excluding carboxylic acids is 1. The first-order valence-electron chi connectivity index (χ1n) is 7.30. The molecule has 7 heteroatoms. The largest absolute Gasteiger partial charge is 0.473 e. The molecule has 23 heavy (non-hydrogen) atoms. The van der Waals surface area contributed by atoms with Crippen molar-refractivity contribution in [2.24, 2.45) is 0 Å². The highest BCUT2D eigenvalue weighted by Gasteiger charge is 2.01. The Hall–Kier alpha value is -2.67. The van der Waals surface area contributed by atoms with Crippen molar-refractivity contribution in [3.8, 4) is 5.88 Å². The van der Waals surface area contributed by atoms with Crippen LogP contribution in [0.1, 0.15) is 5.56 Å². The molecule has 0 bridgehead atoms. The average molecular weight is 315 g/mol. The average Bonchev–Trinajstić information content (AvgIpc) is 3.04. The van der Waals surface area contributed by atoms with Gasteiger partial charge in [-0.1, -0.05) is 6.08 Å². The van der Waals surface area contributed by atoms with E-state index in [-0.39, 0.29) is 6.03 Å². The van der Waals surface area contributed by atoms with Crippen LogP contribution < -0.4 is 10.1 Å². The maximum atomic E-state index is 11.6. The molecular weight excluding hydrogens is 294 g/mol. The lowest BCUT2D eigenvalue weighted by molar-refractivity contribution is 0.240. The molecule has 0 aromatic carbocycles. The van der Waals surface area contributed by atoms with Crippen molar-refractivity contribution < 1.29 is 9.53 Å². The lowest BCUT2D eigenvalue weighted by atomic mass is 10.2. The molecule has 0 aliphatic heterocycles. The van der Waals surface area contributed by atoms with Crippen LogP contribution in [0.15, 0.2) is 48.9 Å². The molecule has 1 amide bonds. The molecule has 0 spiro atoms. The zero-order valence-corrected chi connectivity index (χ0v) is 13.3. The van der Waals surface area contributed by atoms with E-state index in [1.807, 2.05) is 38.4 Å². The first-order chi connectivity index (χ1) is 11.1. The summed E-state index contributed by atoms with van der Waals surface area (Å²) < 4.78 is 6.80. The van der Waals surface area contributed by atoms with Gasteiger partial charge < -0.3 is 15.0 Å². The van der Waals surface area contributed by atoms with Gasteiger partial charge in [0.2, 0.25) is 5.88 Å². The van der Waals surface area contributed by atoms with Crippen molar-refractivity contribution in [3.05, 3.63) is 54.5 Å². The van der Waals surface area contributed by atoms with Gasteiger partial charge in [-0.25, -0.2) is 9.78 Å². The van der Waals surface area contributed by atoms with Crippen LogP contribution in [0.5, 0.6) is 5.88 Å². The molecular formula is C16H21N5O2. The third kappa shape index (κ3) is 5.91. The Balaban J connectivity index is 1.69. The van der Waals surface area contributed by atoms with Crippen molar-refractivity contribution >= 4 is 6.03 Å². The molecule has 2 heterocycles. The lowest BCUT2D eigenvalue weighted by Gasteiger charge is -2.10. The third-order valence-corrected chi connectivity index (χ3v) is 2.88. The molecule has 0 atom stereocenters. The zero-order chi connectivity index (χ0) is 16.5. The van der Waals surface area contributed by atoms with E-state index >= 15 is 0 Å². The minimum Gasteiger partial charge on any atom is -0.473 e. The van der Waals surface area contributed by atoms with Crippen LogP contribution in [0.2, 0.25) is 0 Å². The normalized spacial score (nSPS) is 11.1. The fraction of sp³-hybridized carbons (Fsp3) is 0.312. The van der Waals surface area contributed by atoms with E-state index in [9.17, 15) is 4.79 Å². The summed E-state index contributed by atoms with van der Waals surface area (Å²) in [5.74, 6) is 0.592. The molecule has 0 saturated heterocycles. The van der Waals surface area contributed by atoms with Crippen LogP contribution in [0.3, 0.4) is 0 Å². The summed E-state index contributed by atoms with van der Waals surface area (Å²) in [4.78, 5) is 17.9. The summed E-state index contributed by atoms with van der Waals surface area (Å²) in [7, 11) is 4.03. The smallest absolute Gasteiger partial charge is 0.342 e. The molecule has 0 unspecified atom stereocenters. The maximum absolute atomic E-state index is 11.6. The standard InChI is InChI=1S/C16H21N5O2/c1-20(2)13-14-6-9-17-15(12-14)23-11-4-3-7-18-16(22)21-10-5-8-19-21/h3-6,8-10,12H,7,11,13H2,1-2H3,(H,18,22). The number of amides is 1. The van der Waals surface area contributed by atoms with Gasteiger partial charge in [0.25, 0.3) is 0 Å².